The van der Waals surface area contributed by atoms with E-state index in [1.807, 2.05) is 0 Å². The van der Waals surface area contributed by atoms with Crippen molar-refractivity contribution >= 4 is 10.9 Å². The highest BCUT2D eigenvalue weighted by atomic mass is 19.4. The first-order chi connectivity index (χ1) is 12.9. The van der Waals surface area contributed by atoms with Gasteiger partial charge in [0.15, 0.2) is 0 Å². The van der Waals surface area contributed by atoms with E-state index < -0.39 is 12.1 Å². The number of nitrogens with zero attached hydrogens (tertiary/aromatic N) is 2. The highest BCUT2D eigenvalue weighted by Crippen LogP contribution is 2.40. The van der Waals surface area contributed by atoms with Crippen LogP contribution in [0.25, 0.3) is 16.6 Å². The predicted molar refractivity (Wildman–Crippen MR) is 95.0 cm³/mol. The van der Waals surface area contributed by atoms with Gasteiger partial charge in [0.05, 0.1) is 17.4 Å². The summed E-state index contributed by atoms with van der Waals surface area (Å²) in [5.74, 6) is -1.07. The highest BCUT2D eigenvalue weighted by Gasteiger charge is 2.42. The van der Waals surface area contributed by atoms with E-state index in [1.54, 1.807) is 41.1 Å². The maximum Gasteiger partial charge on any atom is 0.403 e. The van der Waals surface area contributed by atoms with Gasteiger partial charge < -0.3 is 0 Å². The molecule has 0 unspecified atom stereocenters. The summed E-state index contributed by atoms with van der Waals surface area (Å²) in [5, 5.41) is 4.80. The zero-order valence-electron chi connectivity index (χ0n) is 13.9. The molecule has 0 atom stereocenters. The summed E-state index contributed by atoms with van der Waals surface area (Å²) >= 11 is 0. The fraction of sp³-hybridized carbons (Fsp3) is 0.0476. The number of rotatable bonds is 3. The van der Waals surface area contributed by atoms with Crippen LogP contribution in [0, 0.1) is 11.7 Å². The van der Waals surface area contributed by atoms with E-state index in [1.165, 1.54) is 42.6 Å². The van der Waals surface area contributed by atoms with Gasteiger partial charge in [-0.05, 0) is 47.5 Å². The molecule has 4 aromatic rings. The molecule has 6 heteroatoms. The fourth-order valence-electron chi connectivity index (χ4n) is 3.08. The molecule has 0 aliphatic heterocycles. The molecule has 0 saturated heterocycles. The number of benzene rings is 3. The third-order valence-corrected chi connectivity index (χ3v) is 4.27. The van der Waals surface area contributed by atoms with Crippen molar-refractivity contribution in [3.8, 4) is 5.69 Å². The van der Waals surface area contributed by atoms with Crippen molar-refractivity contribution in [3.05, 3.63) is 102 Å². The monoisotopic (exact) mass is 369 g/mol. The molecule has 4 rings (SSSR count). The molecule has 0 N–H and O–H groups in total. The number of hydrogen-bond donors (Lipinski definition) is 0. The molecule has 0 spiro atoms. The van der Waals surface area contributed by atoms with E-state index in [-0.39, 0.29) is 16.9 Å². The second kappa shape index (κ2) is 6.54. The van der Waals surface area contributed by atoms with Crippen LogP contribution >= 0.6 is 0 Å². The summed E-state index contributed by atoms with van der Waals surface area (Å²) in [7, 11) is 0. The van der Waals surface area contributed by atoms with E-state index >= 15 is 0 Å². The number of alkyl halides is 3. The van der Waals surface area contributed by atoms with Crippen LogP contribution in [0.3, 0.4) is 0 Å². The molecule has 1 heterocycles. The van der Waals surface area contributed by atoms with Crippen molar-refractivity contribution in [2.45, 2.75) is 6.18 Å². The molecule has 0 saturated carbocycles. The summed E-state index contributed by atoms with van der Waals surface area (Å²) in [6, 6.07) is 17.9. The maximum atomic E-state index is 13.7. The lowest BCUT2D eigenvalue weighted by Crippen LogP contribution is -2.22. The van der Waals surface area contributed by atoms with Gasteiger partial charge >= 0.3 is 6.18 Å². The van der Waals surface area contributed by atoms with Gasteiger partial charge in [-0.1, -0.05) is 36.4 Å². The quantitative estimate of drug-likeness (QED) is 0.424. The Morgan fingerprint density at radius 1 is 0.815 bits per heavy atom. The lowest BCUT2D eigenvalue weighted by molar-refractivity contribution is -0.105. The standard InChI is InChI=1S/C21H13F4N2/c22-17-7-9-18(10-8-17)27-19-11-6-15(12-16(19)13-26-27)20(21(23,24)25)14-4-2-1-3-5-14/h1-13H. The van der Waals surface area contributed by atoms with Crippen LogP contribution in [-0.4, -0.2) is 16.0 Å². The summed E-state index contributed by atoms with van der Waals surface area (Å²) < 4.78 is 55.8. The Hall–Kier alpha value is -3.15. The first kappa shape index (κ1) is 17.3. The van der Waals surface area contributed by atoms with E-state index in [4.69, 9.17) is 0 Å². The maximum absolute atomic E-state index is 13.7. The lowest BCUT2D eigenvalue weighted by atomic mass is 9.90. The minimum Gasteiger partial charge on any atom is -0.233 e. The molecule has 27 heavy (non-hydrogen) atoms. The van der Waals surface area contributed by atoms with Crippen molar-refractivity contribution in [2.24, 2.45) is 0 Å². The summed E-state index contributed by atoms with van der Waals surface area (Å²) in [4.78, 5) is 0. The topological polar surface area (TPSA) is 17.8 Å². The third kappa shape index (κ3) is 3.30. The predicted octanol–water partition coefficient (Wildman–Crippen LogP) is 5.70. The molecule has 1 radical (unpaired) electrons. The fourth-order valence-corrected chi connectivity index (χ4v) is 3.08. The molecule has 0 bridgehead atoms. The van der Waals surface area contributed by atoms with Crippen LogP contribution < -0.4 is 0 Å². The molecule has 1 aromatic heterocycles. The van der Waals surface area contributed by atoms with Gasteiger partial charge in [0.25, 0.3) is 0 Å². The number of aromatic nitrogens is 2. The molecule has 0 amide bonds. The van der Waals surface area contributed by atoms with Crippen molar-refractivity contribution < 1.29 is 17.6 Å². The molecule has 2 nitrogen and oxygen atoms in total. The van der Waals surface area contributed by atoms with Crippen molar-refractivity contribution in [1.29, 1.82) is 0 Å². The molecule has 0 aliphatic carbocycles. The van der Waals surface area contributed by atoms with Crippen molar-refractivity contribution in [1.82, 2.24) is 9.78 Å². The van der Waals surface area contributed by atoms with E-state index in [0.717, 1.165) is 0 Å². The minimum atomic E-state index is -4.50. The zero-order chi connectivity index (χ0) is 19.0. The highest BCUT2D eigenvalue weighted by molar-refractivity contribution is 5.82. The van der Waals surface area contributed by atoms with Gasteiger partial charge in [-0.3, -0.25) is 0 Å². The summed E-state index contributed by atoms with van der Waals surface area (Å²) in [5.41, 5.74) is 1.44. The molecule has 135 valence electrons. The van der Waals surface area contributed by atoms with Crippen molar-refractivity contribution in [2.75, 3.05) is 0 Å². The Bertz CT molecular complexity index is 1070. The molecule has 0 fully saturated rings. The van der Waals surface area contributed by atoms with Gasteiger partial charge in [-0.2, -0.15) is 18.3 Å². The Morgan fingerprint density at radius 3 is 2.19 bits per heavy atom. The Balaban J connectivity index is 1.80. The second-order valence-electron chi connectivity index (χ2n) is 6.05. The molecular weight excluding hydrogens is 356 g/mol. The van der Waals surface area contributed by atoms with E-state index in [2.05, 4.69) is 5.10 Å². The van der Waals surface area contributed by atoms with Gasteiger partial charge in [-0.15, -0.1) is 0 Å². The van der Waals surface area contributed by atoms with Crippen LogP contribution in [0.4, 0.5) is 17.6 Å². The average molecular weight is 369 g/mol. The molecule has 0 aliphatic rings. The van der Waals surface area contributed by atoms with Gasteiger partial charge in [0.1, 0.15) is 11.7 Å². The van der Waals surface area contributed by atoms with Crippen molar-refractivity contribution in [3.63, 3.8) is 0 Å². The normalized spacial score (nSPS) is 12.0. The van der Waals surface area contributed by atoms with Gasteiger partial charge in [0, 0.05) is 5.39 Å². The lowest BCUT2D eigenvalue weighted by Gasteiger charge is -2.20. The Labute approximate surface area is 152 Å². The molecule has 3 aromatic carbocycles. The van der Waals surface area contributed by atoms with Gasteiger partial charge in [0.2, 0.25) is 0 Å². The summed E-state index contributed by atoms with van der Waals surface area (Å²) in [6.07, 6.45) is -3.00. The zero-order valence-corrected chi connectivity index (χ0v) is 13.9. The van der Waals surface area contributed by atoms with Crippen LogP contribution in [0.15, 0.2) is 79.0 Å². The Morgan fingerprint density at radius 2 is 1.52 bits per heavy atom. The van der Waals surface area contributed by atoms with Gasteiger partial charge in [-0.25, -0.2) is 9.07 Å². The second-order valence-corrected chi connectivity index (χ2v) is 6.05. The van der Waals surface area contributed by atoms with Crippen LogP contribution in [0.5, 0.6) is 0 Å². The van der Waals surface area contributed by atoms with E-state index in [0.29, 0.717) is 16.6 Å². The Kier molecular flexibility index (Phi) is 4.18. The first-order valence-electron chi connectivity index (χ1n) is 8.17. The SMILES string of the molecule is Fc1ccc(-n2ncc3cc([C](c4ccccc4)C(F)(F)F)ccc32)cc1. The minimum absolute atomic E-state index is 0.0693. The average Bonchev–Trinajstić information content (AvgIpc) is 3.05. The molecular formula is C21H13F4N2. The van der Waals surface area contributed by atoms with Crippen LogP contribution in [-0.2, 0) is 0 Å². The number of halogens is 4. The third-order valence-electron chi connectivity index (χ3n) is 4.27. The van der Waals surface area contributed by atoms with E-state index in [9.17, 15) is 17.6 Å². The number of fused-ring (bicyclic) bond motifs is 1. The number of hydrogen-bond acceptors (Lipinski definition) is 1. The largest absolute Gasteiger partial charge is 0.403 e. The first-order valence-corrected chi connectivity index (χ1v) is 8.17. The summed E-state index contributed by atoms with van der Waals surface area (Å²) in [6.45, 7) is 0. The van der Waals surface area contributed by atoms with Crippen LogP contribution in [0.1, 0.15) is 11.1 Å². The van der Waals surface area contributed by atoms with Crippen LogP contribution in [0.2, 0.25) is 0 Å². The smallest absolute Gasteiger partial charge is 0.233 e.